The minimum atomic E-state index is -0.378. The SMILES string of the molecule is CCC1(CC)CCN(c2cc(NN)cc([N+](=O)[O-])c2)CC1. The van der Waals surface area contributed by atoms with Crippen LogP contribution >= 0.6 is 0 Å². The van der Waals surface area contributed by atoms with Crippen LogP contribution in [0.3, 0.4) is 0 Å². The van der Waals surface area contributed by atoms with Gasteiger partial charge in [-0.25, -0.2) is 0 Å². The molecule has 0 spiro atoms. The van der Waals surface area contributed by atoms with Crippen molar-refractivity contribution in [1.29, 1.82) is 0 Å². The molecule has 0 aliphatic carbocycles. The van der Waals surface area contributed by atoms with Gasteiger partial charge in [0.2, 0.25) is 0 Å². The van der Waals surface area contributed by atoms with E-state index in [1.165, 1.54) is 18.9 Å². The Kier molecular flexibility index (Phi) is 4.67. The Balaban J connectivity index is 2.20. The van der Waals surface area contributed by atoms with Crippen molar-refractivity contribution in [3.05, 3.63) is 28.3 Å². The molecule has 0 unspecified atom stereocenters. The summed E-state index contributed by atoms with van der Waals surface area (Å²) >= 11 is 0. The lowest BCUT2D eigenvalue weighted by atomic mass is 9.74. The van der Waals surface area contributed by atoms with Crippen molar-refractivity contribution in [2.24, 2.45) is 11.3 Å². The highest BCUT2D eigenvalue weighted by Crippen LogP contribution is 2.39. The van der Waals surface area contributed by atoms with Gasteiger partial charge in [-0.05, 0) is 24.3 Å². The molecule has 1 aromatic carbocycles. The first kappa shape index (κ1) is 15.6. The molecule has 0 aromatic heterocycles. The number of piperidine rings is 1. The van der Waals surface area contributed by atoms with E-state index in [1.54, 1.807) is 6.07 Å². The molecular weight excluding hydrogens is 268 g/mol. The number of nitro benzene ring substituents is 1. The van der Waals surface area contributed by atoms with Gasteiger partial charge in [-0.1, -0.05) is 26.7 Å². The maximum absolute atomic E-state index is 11.0. The Labute approximate surface area is 125 Å². The van der Waals surface area contributed by atoms with E-state index in [2.05, 4.69) is 24.2 Å². The fourth-order valence-electron chi connectivity index (χ4n) is 3.16. The van der Waals surface area contributed by atoms with E-state index in [0.29, 0.717) is 11.1 Å². The second-order valence-electron chi connectivity index (χ2n) is 5.83. The molecular formula is C15H24N4O2. The summed E-state index contributed by atoms with van der Waals surface area (Å²) in [6.07, 6.45) is 4.66. The van der Waals surface area contributed by atoms with Crippen molar-refractivity contribution in [2.45, 2.75) is 39.5 Å². The summed E-state index contributed by atoms with van der Waals surface area (Å²) in [4.78, 5) is 12.9. The van der Waals surface area contributed by atoms with Gasteiger partial charge in [0, 0.05) is 30.9 Å². The number of nitrogen functional groups attached to an aromatic ring is 1. The lowest BCUT2D eigenvalue weighted by molar-refractivity contribution is -0.384. The summed E-state index contributed by atoms with van der Waals surface area (Å²) < 4.78 is 0. The molecule has 1 aromatic rings. The Bertz CT molecular complexity index is 504. The number of nitrogens with one attached hydrogen (secondary N) is 1. The molecule has 6 heteroatoms. The second kappa shape index (κ2) is 6.30. The van der Waals surface area contributed by atoms with Gasteiger partial charge < -0.3 is 10.3 Å². The number of nitrogens with two attached hydrogens (primary N) is 1. The molecule has 2 rings (SSSR count). The van der Waals surface area contributed by atoms with Crippen molar-refractivity contribution in [3.63, 3.8) is 0 Å². The number of hydrazine groups is 1. The van der Waals surface area contributed by atoms with Gasteiger partial charge in [0.25, 0.3) is 5.69 Å². The van der Waals surface area contributed by atoms with Crippen LogP contribution in [-0.4, -0.2) is 18.0 Å². The molecule has 1 aliphatic rings. The van der Waals surface area contributed by atoms with Crippen LogP contribution in [0, 0.1) is 15.5 Å². The van der Waals surface area contributed by atoms with Crippen LogP contribution in [-0.2, 0) is 0 Å². The zero-order valence-electron chi connectivity index (χ0n) is 12.8. The Morgan fingerprint density at radius 2 is 1.90 bits per heavy atom. The molecule has 0 atom stereocenters. The van der Waals surface area contributed by atoms with E-state index < -0.39 is 0 Å². The lowest BCUT2D eigenvalue weighted by Gasteiger charge is -2.42. The van der Waals surface area contributed by atoms with E-state index >= 15 is 0 Å². The van der Waals surface area contributed by atoms with Gasteiger partial charge in [-0.2, -0.15) is 0 Å². The molecule has 0 bridgehead atoms. The first-order chi connectivity index (χ1) is 10.0. The van der Waals surface area contributed by atoms with Crippen LogP contribution in [0.15, 0.2) is 18.2 Å². The Morgan fingerprint density at radius 1 is 1.29 bits per heavy atom. The maximum Gasteiger partial charge on any atom is 0.273 e. The second-order valence-corrected chi connectivity index (χ2v) is 5.83. The van der Waals surface area contributed by atoms with E-state index in [0.717, 1.165) is 31.6 Å². The summed E-state index contributed by atoms with van der Waals surface area (Å²) in [6, 6.07) is 4.96. The third kappa shape index (κ3) is 3.26. The highest BCUT2D eigenvalue weighted by Gasteiger charge is 2.31. The normalized spacial score (nSPS) is 17.6. The van der Waals surface area contributed by atoms with Crippen molar-refractivity contribution in [3.8, 4) is 0 Å². The number of rotatable bonds is 5. The number of non-ortho nitro benzene ring substituents is 1. The van der Waals surface area contributed by atoms with Crippen molar-refractivity contribution in [2.75, 3.05) is 23.4 Å². The smallest absolute Gasteiger partial charge is 0.273 e. The maximum atomic E-state index is 11.0. The molecule has 1 saturated heterocycles. The predicted octanol–water partition coefficient (Wildman–Crippen LogP) is 3.29. The van der Waals surface area contributed by atoms with Gasteiger partial charge in [0.1, 0.15) is 0 Å². The number of anilines is 2. The molecule has 3 N–H and O–H groups in total. The molecule has 1 fully saturated rings. The first-order valence-corrected chi connectivity index (χ1v) is 7.54. The number of hydrogen-bond donors (Lipinski definition) is 2. The molecule has 0 amide bonds. The number of nitrogens with zero attached hydrogens (tertiary/aromatic N) is 2. The lowest BCUT2D eigenvalue weighted by Crippen LogP contribution is -2.39. The summed E-state index contributed by atoms with van der Waals surface area (Å²) in [5.74, 6) is 5.41. The molecule has 1 aliphatic heterocycles. The summed E-state index contributed by atoms with van der Waals surface area (Å²) in [6.45, 7) is 6.38. The minimum absolute atomic E-state index is 0.0725. The fourth-order valence-corrected chi connectivity index (χ4v) is 3.16. The monoisotopic (exact) mass is 292 g/mol. The Hall–Kier alpha value is -1.82. The Morgan fingerprint density at radius 3 is 2.38 bits per heavy atom. The van der Waals surface area contributed by atoms with Crippen molar-refractivity contribution >= 4 is 17.1 Å². The summed E-state index contributed by atoms with van der Waals surface area (Å²) in [5, 5.41) is 11.0. The van der Waals surface area contributed by atoms with Gasteiger partial charge in [0.15, 0.2) is 0 Å². The van der Waals surface area contributed by atoms with Gasteiger partial charge in [-0.15, -0.1) is 0 Å². The molecule has 116 valence electrons. The number of hydrogen-bond acceptors (Lipinski definition) is 5. The summed E-state index contributed by atoms with van der Waals surface area (Å²) in [7, 11) is 0. The van der Waals surface area contributed by atoms with Crippen LogP contribution < -0.4 is 16.2 Å². The first-order valence-electron chi connectivity index (χ1n) is 7.54. The van der Waals surface area contributed by atoms with E-state index in [-0.39, 0.29) is 10.6 Å². The van der Waals surface area contributed by atoms with Crippen LogP contribution in [0.25, 0.3) is 0 Å². The van der Waals surface area contributed by atoms with E-state index in [9.17, 15) is 10.1 Å². The van der Waals surface area contributed by atoms with Gasteiger partial charge in [-0.3, -0.25) is 16.0 Å². The largest absolute Gasteiger partial charge is 0.371 e. The molecule has 6 nitrogen and oxygen atoms in total. The standard InChI is InChI=1S/C15H24N4O2/c1-3-15(4-2)5-7-18(8-6-15)13-9-12(17-16)10-14(11-13)19(20)21/h9-11,17H,3-8,16H2,1-2H3. The highest BCUT2D eigenvalue weighted by atomic mass is 16.6. The van der Waals surface area contributed by atoms with Crippen LogP contribution in [0.4, 0.5) is 17.1 Å². The van der Waals surface area contributed by atoms with Crippen molar-refractivity contribution < 1.29 is 4.92 Å². The fraction of sp³-hybridized carbons (Fsp3) is 0.600. The average Bonchev–Trinajstić information content (AvgIpc) is 2.54. The molecule has 0 radical (unpaired) electrons. The minimum Gasteiger partial charge on any atom is -0.371 e. The molecule has 21 heavy (non-hydrogen) atoms. The topological polar surface area (TPSA) is 84.4 Å². The zero-order valence-corrected chi connectivity index (χ0v) is 12.8. The van der Waals surface area contributed by atoms with E-state index in [4.69, 9.17) is 5.84 Å². The quantitative estimate of drug-likeness (QED) is 0.494. The third-order valence-electron chi connectivity index (χ3n) is 4.97. The molecule has 1 heterocycles. The third-order valence-corrected chi connectivity index (χ3v) is 4.97. The van der Waals surface area contributed by atoms with Gasteiger partial charge in [0.05, 0.1) is 10.6 Å². The number of nitro groups is 1. The van der Waals surface area contributed by atoms with Crippen LogP contribution in [0.1, 0.15) is 39.5 Å². The number of benzene rings is 1. The van der Waals surface area contributed by atoms with E-state index in [1.807, 2.05) is 6.07 Å². The predicted molar refractivity (Wildman–Crippen MR) is 85.4 cm³/mol. The zero-order chi connectivity index (χ0) is 15.5. The summed E-state index contributed by atoms with van der Waals surface area (Å²) in [5.41, 5.74) is 4.46. The van der Waals surface area contributed by atoms with Crippen LogP contribution in [0.2, 0.25) is 0 Å². The average molecular weight is 292 g/mol. The molecule has 0 saturated carbocycles. The highest BCUT2D eigenvalue weighted by molar-refractivity contribution is 5.64. The van der Waals surface area contributed by atoms with Crippen molar-refractivity contribution in [1.82, 2.24) is 0 Å². The van der Waals surface area contributed by atoms with Gasteiger partial charge >= 0.3 is 0 Å². The van der Waals surface area contributed by atoms with Crippen LogP contribution in [0.5, 0.6) is 0 Å².